The highest BCUT2D eigenvalue weighted by Crippen LogP contribution is 2.42. The molecule has 7 nitrogen and oxygen atoms in total. The normalized spacial score (nSPS) is 16.4. The molecular weight excluding hydrogens is 510 g/mol. The Labute approximate surface area is 234 Å². The number of benzene rings is 3. The lowest BCUT2D eigenvalue weighted by Gasteiger charge is -2.37. The number of ether oxygens (including phenoxy) is 2. The molecule has 0 atom stereocenters. The standard InChI is InChI=1S/C31H33N3O4S/c1-20-6-7-21(2)24(16-20)33-12-14-34(15-13-33)30(35)23-9-11-28-25(19-23)32(3)31(36)29(39-28)18-22-8-10-26(37-4)27(17-22)38-5/h6-11,16-19H,12-15H2,1-5H3. The molecule has 0 aliphatic carbocycles. The van der Waals surface area contributed by atoms with E-state index < -0.39 is 0 Å². The van der Waals surface area contributed by atoms with Crippen molar-refractivity contribution in [3.05, 3.63) is 81.8 Å². The Kier molecular flexibility index (Phi) is 7.57. The number of carbonyl (C=O) groups excluding carboxylic acids is 2. The number of carbonyl (C=O) groups is 2. The highest BCUT2D eigenvalue weighted by atomic mass is 32.2. The fourth-order valence-electron chi connectivity index (χ4n) is 5.01. The van der Waals surface area contributed by atoms with Crippen molar-refractivity contribution in [3.8, 4) is 11.5 Å². The summed E-state index contributed by atoms with van der Waals surface area (Å²) in [5, 5.41) is 0. The average molecular weight is 544 g/mol. The summed E-state index contributed by atoms with van der Waals surface area (Å²) in [7, 11) is 4.93. The van der Waals surface area contributed by atoms with Crippen LogP contribution in [0, 0.1) is 13.8 Å². The molecule has 2 aliphatic rings. The maximum atomic E-state index is 13.4. The monoisotopic (exact) mass is 543 g/mol. The summed E-state index contributed by atoms with van der Waals surface area (Å²) < 4.78 is 10.7. The van der Waals surface area contributed by atoms with Gasteiger partial charge in [-0.2, -0.15) is 0 Å². The lowest BCUT2D eigenvalue weighted by atomic mass is 10.1. The number of fused-ring (bicyclic) bond motifs is 1. The molecule has 0 radical (unpaired) electrons. The molecule has 0 bridgehead atoms. The number of amides is 2. The molecule has 0 unspecified atom stereocenters. The van der Waals surface area contributed by atoms with Gasteiger partial charge in [0.2, 0.25) is 0 Å². The summed E-state index contributed by atoms with van der Waals surface area (Å²) in [4.78, 5) is 34.1. The van der Waals surface area contributed by atoms with E-state index in [4.69, 9.17) is 9.47 Å². The number of rotatable bonds is 5. The second kappa shape index (κ2) is 11.1. The zero-order valence-corrected chi connectivity index (χ0v) is 23.8. The molecule has 39 heavy (non-hydrogen) atoms. The predicted molar refractivity (Wildman–Crippen MR) is 157 cm³/mol. The highest BCUT2D eigenvalue weighted by Gasteiger charge is 2.29. The minimum absolute atomic E-state index is 0.00377. The number of thioether (sulfide) groups is 1. The van der Waals surface area contributed by atoms with Crippen LogP contribution in [0.3, 0.4) is 0 Å². The minimum Gasteiger partial charge on any atom is -0.493 e. The van der Waals surface area contributed by atoms with E-state index >= 15 is 0 Å². The van der Waals surface area contributed by atoms with E-state index in [9.17, 15) is 9.59 Å². The molecule has 0 spiro atoms. The summed E-state index contributed by atoms with van der Waals surface area (Å²) in [6, 6.07) is 17.7. The molecule has 1 fully saturated rings. The molecule has 3 aromatic rings. The fourth-order valence-corrected chi connectivity index (χ4v) is 6.11. The van der Waals surface area contributed by atoms with E-state index in [2.05, 4.69) is 36.9 Å². The van der Waals surface area contributed by atoms with Crippen molar-refractivity contribution in [3.63, 3.8) is 0 Å². The van der Waals surface area contributed by atoms with Crippen molar-refractivity contribution in [2.45, 2.75) is 18.7 Å². The average Bonchev–Trinajstić information content (AvgIpc) is 2.96. The third-order valence-electron chi connectivity index (χ3n) is 7.28. The Balaban J connectivity index is 1.31. The first kappa shape index (κ1) is 26.7. The topological polar surface area (TPSA) is 62.3 Å². The third-order valence-corrected chi connectivity index (χ3v) is 8.36. The van der Waals surface area contributed by atoms with Crippen LogP contribution in [0.2, 0.25) is 0 Å². The maximum absolute atomic E-state index is 13.4. The van der Waals surface area contributed by atoms with Crippen molar-refractivity contribution in [1.82, 2.24) is 4.90 Å². The van der Waals surface area contributed by atoms with E-state index in [1.54, 1.807) is 26.2 Å². The number of nitrogens with zero attached hydrogens (tertiary/aromatic N) is 3. The Morgan fingerprint density at radius 1 is 0.872 bits per heavy atom. The summed E-state index contributed by atoms with van der Waals surface area (Å²) in [6.45, 7) is 7.13. The Bertz CT molecular complexity index is 1460. The van der Waals surface area contributed by atoms with Gasteiger partial charge < -0.3 is 24.2 Å². The first-order chi connectivity index (χ1) is 18.8. The van der Waals surface area contributed by atoms with E-state index in [-0.39, 0.29) is 11.8 Å². The van der Waals surface area contributed by atoms with Crippen LogP contribution in [-0.2, 0) is 4.79 Å². The summed E-state index contributed by atoms with van der Waals surface area (Å²) in [6.07, 6.45) is 1.85. The van der Waals surface area contributed by atoms with Crippen molar-refractivity contribution >= 4 is 41.0 Å². The van der Waals surface area contributed by atoms with E-state index in [0.717, 1.165) is 29.2 Å². The molecule has 2 amide bonds. The molecule has 5 rings (SSSR count). The highest BCUT2D eigenvalue weighted by molar-refractivity contribution is 8.04. The van der Waals surface area contributed by atoms with Crippen molar-refractivity contribution < 1.29 is 19.1 Å². The zero-order valence-electron chi connectivity index (χ0n) is 23.0. The molecule has 1 saturated heterocycles. The molecular formula is C31H33N3O4S. The quantitative estimate of drug-likeness (QED) is 0.402. The van der Waals surface area contributed by atoms with Gasteiger partial charge in [-0.3, -0.25) is 9.59 Å². The fraction of sp³-hybridized carbons (Fsp3) is 0.290. The molecule has 8 heteroatoms. The predicted octanol–water partition coefficient (Wildman–Crippen LogP) is 5.39. The lowest BCUT2D eigenvalue weighted by molar-refractivity contribution is -0.114. The van der Waals surface area contributed by atoms with Crippen molar-refractivity contribution in [2.24, 2.45) is 0 Å². The maximum Gasteiger partial charge on any atom is 0.264 e. The first-order valence-corrected chi connectivity index (χ1v) is 13.8. The van der Waals surface area contributed by atoms with Gasteiger partial charge in [0.25, 0.3) is 11.8 Å². The van der Waals surface area contributed by atoms with Gasteiger partial charge in [-0.1, -0.05) is 30.0 Å². The Morgan fingerprint density at radius 2 is 1.62 bits per heavy atom. The van der Waals surface area contributed by atoms with Gasteiger partial charge in [0.1, 0.15) is 0 Å². The van der Waals surface area contributed by atoms with Gasteiger partial charge in [0.15, 0.2) is 11.5 Å². The molecule has 0 saturated carbocycles. The Hall–Kier alpha value is -3.91. The molecule has 202 valence electrons. The van der Waals surface area contributed by atoms with Gasteiger partial charge in [0.05, 0.1) is 24.8 Å². The van der Waals surface area contributed by atoms with Crippen LogP contribution < -0.4 is 19.3 Å². The van der Waals surface area contributed by atoms with Crippen LogP contribution in [0.5, 0.6) is 11.5 Å². The minimum atomic E-state index is -0.117. The van der Waals surface area contributed by atoms with E-state index in [1.807, 2.05) is 47.4 Å². The van der Waals surface area contributed by atoms with Crippen LogP contribution in [0.25, 0.3) is 6.08 Å². The summed E-state index contributed by atoms with van der Waals surface area (Å²) in [5.74, 6) is 1.12. The van der Waals surface area contributed by atoms with Gasteiger partial charge in [-0.25, -0.2) is 0 Å². The number of anilines is 2. The van der Waals surface area contributed by atoms with E-state index in [0.29, 0.717) is 35.1 Å². The lowest BCUT2D eigenvalue weighted by Crippen LogP contribution is -2.49. The van der Waals surface area contributed by atoms with Crippen molar-refractivity contribution in [2.75, 3.05) is 57.2 Å². The number of piperazine rings is 1. The largest absolute Gasteiger partial charge is 0.493 e. The summed E-state index contributed by atoms with van der Waals surface area (Å²) >= 11 is 1.41. The van der Waals surface area contributed by atoms with Gasteiger partial charge in [-0.15, -0.1) is 0 Å². The number of hydrogen-bond donors (Lipinski definition) is 0. The van der Waals surface area contributed by atoms with Gasteiger partial charge in [-0.05, 0) is 73.0 Å². The molecule has 3 aromatic carbocycles. The molecule has 2 aliphatic heterocycles. The third kappa shape index (κ3) is 5.34. The molecule has 0 N–H and O–H groups in total. The van der Waals surface area contributed by atoms with Crippen molar-refractivity contribution in [1.29, 1.82) is 0 Å². The number of aryl methyl sites for hydroxylation is 2. The van der Waals surface area contributed by atoms with Crippen LogP contribution >= 0.6 is 11.8 Å². The number of likely N-dealkylation sites (N-methyl/N-ethyl adjacent to an activating group) is 1. The second-order valence-electron chi connectivity index (χ2n) is 9.84. The zero-order chi connectivity index (χ0) is 27.7. The first-order valence-electron chi connectivity index (χ1n) is 12.9. The molecule has 0 aromatic heterocycles. The van der Waals surface area contributed by atoms with Crippen LogP contribution in [0.15, 0.2) is 64.4 Å². The molecule has 2 heterocycles. The Morgan fingerprint density at radius 3 is 2.33 bits per heavy atom. The van der Waals surface area contributed by atoms with Crippen LogP contribution in [0.4, 0.5) is 11.4 Å². The summed E-state index contributed by atoms with van der Waals surface area (Å²) in [5.41, 5.74) is 5.91. The van der Waals surface area contributed by atoms with Crippen LogP contribution in [0.1, 0.15) is 27.0 Å². The van der Waals surface area contributed by atoms with Gasteiger partial charge >= 0.3 is 0 Å². The van der Waals surface area contributed by atoms with Crippen LogP contribution in [-0.4, -0.2) is 64.2 Å². The van der Waals surface area contributed by atoms with E-state index in [1.165, 1.54) is 28.6 Å². The number of hydrogen-bond acceptors (Lipinski definition) is 6. The second-order valence-corrected chi connectivity index (χ2v) is 10.9. The van der Waals surface area contributed by atoms with Gasteiger partial charge in [0, 0.05) is 49.4 Å². The smallest absolute Gasteiger partial charge is 0.264 e. The SMILES string of the molecule is COc1ccc(C=C2Sc3ccc(C(=O)N4CCN(c5cc(C)ccc5C)CC4)cc3N(C)C2=O)cc1OC. The number of methoxy groups -OCH3 is 2.